The van der Waals surface area contributed by atoms with Gasteiger partial charge in [-0.25, -0.2) is 0 Å². The van der Waals surface area contributed by atoms with Crippen LogP contribution < -0.4 is 28.7 Å². The van der Waals surface area contributed by atoms with E-state index in [9.17, 15) is 23.1 Å². The van der Waals surface area contributed by atoms with E-state index in [0.717, 1.165) is 17.7 Å². The van der Waals surface area contributed by atoms with Gasteiger partial charge in [-0.15, -0.1) is 0 Å². The fraction of sp³-hybridized carbons (Fsp3) is 0.316. The van der Waals surface area contributed by atoms with E-state index in [1.165, 1.54) is 17.0 Å². The second kappa shape index (κ2) is 10.8. The van der Waals surface area contributed by atoms with Crippen molar-refractivity contribution in [3.05, 3.63) is 64.7 Å². The van der Waals surface area contributed by atoms with E-state index in [-0.39, 0.29) is 31.2 Å². The Morgan fingerprint density at radius 2 is 1.86 bits per heavy atom. The molecule has 9 heteroatoms. The molecule has 0 aliphatic carbocycles. The summed E-state index contributed by atoms with van der Waals surface area (Å²) in [6.07, 6.45) is -4.68. The molecule has 0 saturated carbocycles. The largest absolute Gasteiger partial charge is 1.00 e. The molecule has 0 N–H and O–H groups in total. The van der Waals surface area contributed by atoms with E-state index in [2.05, 4.69) is 0 Å². The summed E-state index contributed by atoms with van der Waals surface area (Å²) in [6, 6.07) is 11.4. The van der Waals surface area contributed by atoms with Crippen LogP contribution >= 0.6 is 11.6 Å². The molecule has 2 aromatic rings. The second-order valence-corrected chi connectivity index (χ2v) is 6.52. The first kappa shape index (κ1) is 24.4. The molecule has 0 unspecified atom stereocenters. The van der Waals surface area contributed by atoms with Crippen molar-refractivity contribution in [1.82, 2.24) is 4.90 Å². The van der Waals surface area contributed by atoms with Crippen molar-refractivity contribution in [1.29, 1.82) is 0 Å². The van der Waals surface area contributed by atoms with Gasteiger partial charge >= 0.3 is 25.0 Å². The van der Waals surface area contributed by atoms with Crippen LogP contribution in [0.1, 0.15) is 23.7 Å². The van der Waals surface area contributed by atoms with Crippen LogP contribution in [0.2, 0.25) is 5.02 Å². The van der Waals surface area contributed by atoms with Crippen LogP contribution in [-0.2, 0) is 11.0 Å². The number of ether oxygens (including phenoxy) is 1. The molecule has 146 valence electrons. The van der Waals surface area contributed by atoms with E-state index >= 15 is 0 Å². The third kappa shape index (κ3) is 7.76. The maximum atomic E-state index is 12.9. The first-order valence-corrected chi connectivity index (χ1v) is 8.50. The number of hydrogen-bond acceptors (Lipinski definition) is 4. The molecule has 28 heavy (non-hydrogen) atoms. The number of hydrogen-bond donors (Lipinski definition) is 0. The van der Waals surface area contributed by atoms with E-state index in [1.54, 1.807) is 31.3 Å². The Bertz CT molecular complexity index is 772. The Hall–Kier alpha value is -1.65. The number of rotatable bonds is 8. The van der Waals surface area contributed by atoms with Crippen LogP contribution in [0.25, 0.3) is 0 Å². The number of halogens is 4. The number of likely N-dealkylation sites (N-methyl/N-ethyl adjacent to an activating group) is 1. The molecule has 0 radical (unpaired) electrons. The van der Waals surface area contributed by atoms with Crippen LogP contribution in [0.5, 0.6) is 5.75 Å². The number of carboxylic acid groups (broad SMARTS) is 1. The molecule has 0 heterocycles. The van der Waals surface area contributed by atoms with E-state index < -0.39 is 23.8 Å². The summed E-state index contributed by atoms with van der Waals surface area (Å²) in [5, 5.41) is 11.2. The summed E-state index contributed by atoms with van der Waals surface area (Å²) in [4.78, 5) is 12.2. The molecule has 0 saturated heterocycles. The minimum Gasteiger partial charge on any atom is -0.549 e. The molecule has 0 aliphatic rings. The Morgan fingerprint density at radius 1 is 1.21 bits per heavy atom. The predicted octanol–water partition coefficient (Wildman–Crippen LogP) is 0.555. The van der Waals surface area contributed by atoms with Crippen molar-refractivity contribution < 1.29 is 46.7 Å². The average molecular weight is 408 g/mol. The summed E-state index contributed by atoms with van der Waals surface area (Å²) >= 11 is 5.89. The van der Waals surface area contributed by atoms with Crippen molar-refractivity contribution >= 4 is 17.6 Å². The Kier molecular flexibility index (Phi) is 9.38. The molecule has 0 aliphatic heterocycles. The number of carbonyl (C=O) groups excluding carboxylic acids is 1. The number of nitrogens with zero attached hydrogens (tertiary/aromatic N) is 1. The van der Waals surface area contributed by atoms with Crippen molar-refractivity contribution in [2.75, 3.05) is 20.1 Å². The zero-order valence-corrected chi connectivity index (χ0v) is 16.3. The van der Waals surface area contributed by atoms with E-state index in [0.29, 0.717) is 18.0 Å². The Balaban J connectivity index is 0.00000392. The van der Waals surface area contributed by atoms with Gasteiger partial charge in [0.1, 0.15) is 11.9 Å². The minimum absolute atomic E-state index is 0. The number of benzene rings is 2. The van der Waals surface area contributed by atoms with Crippen molar-refractivity contribution in [3.63, 3.8) is 0 Å². The molecule has 1 atom stereocenters. The van der Waals surface area contributed by atoms with Crippen LogP contribution in [0.4, 0.5) is 13.2 Å². The third-order valence-electron chi connectivity index (χ3n) is 3.85. The summed E-state index contributed by atoms with van der Waals surface area (Å²) < 4.78 is 44.5. The molecule has 0 bridgehead atoms. The zero-order chi connectivity index (χ0) is 20.0. The summed E-state index contributed by atoms with van der Waals surface area (Å²) in [7, 11) is 1.61. The second-order valence-electron chi connectivity index (χ2n) is 6.08. The SMILES string of the molecule is CN(CC[C@H](Oc1cccc(C(F)(F)F)c1)c1ccc(Cl)cc1)CC(=O)[O-].[Li+]. The van der Waals surface area contributed by atoms with Gasteiger partial charge in [-0.05, 0) is 42.9 Å². The fourth-order valence-corrected chi connectivity index (χ4v) is 2.64. The summed E-state index contributed by atoms with van der Waals surface area (Å²) in [5.41, 5.74) is -0.0809. The van der Waals surface area contributed by atoms with Gasteiger partial charge in [-0.2, -0.15) is 13.2 Å². The third-order valence-corrected chi connectivity index (χ3v) is 4.11. The minimum atomic E-state index is -4.47. The molecule has 2 rings (SSSR count). The van der Waals surface area contributed by atoms with Crippen LogP contribution in [0, 0.1) is 0 Å². The van der Waals surface area contributed by atoms with Gasteiger partial charge in [0.15, 0.2) is 0 Å². The Labute approximate surface area is 178 Å². The molecule has 2 aromatic carbocycles. The monoisotopic (exact) mass is 407 g/mol. The summed E-state index contributed by atoms with van der Waals surface area (Å²) in [5.74, 6) is -1.13. The van der Waals surface area contributed by atoms with Crippen molar-refractivity contribution in [2.24, 2.45) is 0 Å². The van der Waals surface area contributed by atoms with Gasteiger partial charge in [0.2, 0.25) is 0 Å². The normalized spacial score (nSPS) is 12.4. The molecule has 0 amide bonds. The first-order chi connectivity index (χ1) is 12.6. The maximum Gasteiger partial charge on any atom is 1.00 e. The van der Waals surface area contributed by atoms with Gasteiger partial charge in [0.25, 0.3) is 0 Å². The zero-order valence-electron chi connectivity index (χ0n) is 15.5. The van der Waals surface area contributed by atoms with Crippen LogP contribution in [-0.4, -0.2) is 31.0 Å². The van der Waals surface area contributed by atoms with Crippen LogP contribution in [0.15, 0.2) is 48.5 Å². The van der Waals surface area contributed by atoms with Crippen molar-refractivity contribution in [3.8, 4) is 5.75 Å². The summed E-state index contributed by atoms with van der Waals surface area (Å²) in [6.45, 7) is 0.0944. The van der Waals surface area contributed by atoms with Crippen LogP contribution in [0.3, 0.4) is 0 Å². The molecule has 0 fully saturated rings. The van der Waals surface area contributed by atoms with Gasteiger partial charge < -0.3 is 19.5 Å². The molecular weight excluding hydrogens is 390 g/mol. The standard InChI is InChI=1S/C19H19ClF3NO3.Li/c1-24(12-18(25)26)10-9-17(13-5-7-15(20)8-6-13)27-16-4-2-3-14(11-16)19(21,22)23;/h2-8,11,17H,9-10,12H2,1H3,(H,25,26);/q;+1/p-1/t17-;/m0./s1. The fourth-order valence-electron chi connectivity index (χ4n) is 2.52. The quantitative estimate of drug-likeness (QED) is 0.600. The number of carboxylic acids is 1. The molecule has 4 nitrogen and oxygen atoms in total. The predicted molar refractivity (Wildman–Crippen MR) is 93.4 cm³/mol. The Morgan fingerprint density at radius 3 is 2.43 bits per heavy atom. The molecule has 0 aromatic heterocycles. The topological polar surface area (TPSA) is 52.6 Å². The number of carbonyl (C=O) groups is 1. The number of alkyl halides is 3. The molecule has 0 spiro atoms. The van der Waals surface area contributed by atoms with Crippen molar-refractivity contribution in [2.45, 2.75) is 18.7 Å². The average Bonchev–Trinajstić information content (AvgIpc) is 2.58. The van der Waals surface area contributed by atoms with Gasteiger partial charge in [-0.1, -0.05) is 29.8 Å². The van der Waals surface area contributed by atoms with Gasteiger partial charge in [-0.3, -0.25) is 0 Å². The molecular formula is C19H18ClF3LiNO3. The van der Waals surface area contributed by atoms with Gasteiger partial charge in [0.05, 0.1) is 11.5 Å². The maximum absolute atomic E-state index is 12.9. The first-order valence-electron chi connectivity index (χ1n) is 8.13. The van der Waals surface area contributed by atoms with Gasteiger partial charge in [0, 0.05) is 24.5 Å². The number of aliphatic carboxylic acids is 1. The smallest absolute Gasteiger partial charge is 0.549 e. The van der Waals surface area contributed by atoms with E-state index in [4.69, 9.17) is 16.3 Å². The van der Waals surface area contributed by atoms with E-state index in [1.807, 2.05) is 0 Å².